The lowest BCUT2D eigenvalue weighted by Gasteiger charge is -2.02. The summed E-state index contributed by atoms with van der Waals surface area (Å²) >= 11 is 0. The Hall–Kier alpha value is -1.12. The van der Waals surface area contributed by atoms with Crippen LogP contribution in [0.25, 0.3) is 0 Å². The third-order valence-electron chi connectivity index (χ3n) is 3.93. The van der Waals surface area contributed by atoms with E-state index in [1.165, 1.54) is 64.6 Å². The van der Waals surface area contributed by atoms with Crippen LogP contribution in [-0.4, -0.2) is 18.9 Å². The maximum absolute atomic E-state index is 11.1. The highest BCUT2D eigenvalue weighted by Crippen LogP contribution is 2.12. The van der Waals surface area contributed by atoms with Crippen LogP contribution in [0.1, 0.15) is 90.4 Å². The molecule has 0 aromatic carbocycles. The van der Waals surface area contributed by atoms with E-state index in [0.717, 1.165) is 25.7 Å². The molecule has 0 bridgehead atoms. The molecular formula is C19H34O3. The fourth-order valence-corrected chi connectivity index (χ4v) is 2.42. The van der Waals surface area contributed by atoms with E-state index in [4.69, 9.17) is 0 Å². The second-order valence-corrected chi connectivity index (χ2v) is 5.89. The smallest absolute Gasteiger partial charge is 0.330 e. The van der Waals surface area contributed by atoms with Gasteiger partial charge in [0.25, 0.3) is 0 Å². The average molecular weight is 310 g/mol. The molecule has 0 fully saturated rings. The van der Waals surface area contributed by atoms with Gasteiger partial charge in [-0.3, -0.25) is 4.79 Å². The number of hydrogen-bond acceptors (Lipinski definition) is 3. The Balaban J connectivity index is 3.13. The van der Waals surface area contributed by atoms with Gasteiger partial charge in [0.05, 0.1) is 7.11 Å². The molecule has 0 aliphatic heterocycles. The molecule has 0 radical (unpaired) electrons. The molecule has 0 saturated carbocycles. The van der Waals surface area contributed by atoms with Gasteiger partial charge in [-0.2, -0.15) is 0 Å². The van der Waals surface area contributed by atoms with Crippen LogP contribution in [0.15, 0.2) is 12.2 Å². The fourth-order valence-electron chi connectivity index (χ4n) is 2.42. The van der Waals surface area contributed by atoms with Gasteiger partial charge in [0.1, 0.15) is 5.78 Å². The molecule has 0 atom stereocenters. The van der Waals surface area contributed by atoms with E-state index in [1.807, 2.05) is 13.0 Å². The first-order valence-electron chi connectivity index (χ1n) is 8.97. The Morgan fingerprint density at radius 2 is 1.32 bits per heavy atom. The summed E-state index contributed by atoms with van der Waals surface area (Å²) in [6, 6.07) is 0. The van der Waals surface area contributed by atoms with Crippen LogP contribution in [0, 0.1) is 0 Å². The van der Waals surface area contributed by atoms with Crippen molar-refractivity contribution in [2.75, 3.05) is 7.11 Å². The SMILES string of the molecule is CCC(=O)CCCCCCCCCCCCC=CC(=O)OC. The lowest BCUT2D eigenvalue weighted by atomic mass is 10.0. The zero-order valence-electron chi connectivity index (χ0n) is 14.6. The summed E-state index contributed by atoms with van der Waals surface area (Å²) in [6.45, 7) is 1.94. The van der Waals surface area contributed by atoms with Crippen molar-refractivity contribution in [3.63, 3.8) is 0 Å². The number of ether oxygens (including phenoxy) is 1. The number of methoxy groups -OCH3 is 1. The van der Waals surface area contributed by atoms with E-state index in [2.05, 4.69) is 4.74 Å². The highest BCUT2D eigenvalue weighted by atomic mass is 16.5. The average Bonchev–Trinajstić information content (AvgIpc) is 2.54. The third-order valence-corrected chi connectivity index (χ3v) is 3.93. The van der Waals surface area contributed by atoms with Gasteiger partial charge < -0.3 is 4.74 Å². The van der Waals surface area contributed by atoms with Crippen LogP contribution in [0.2, 0.25) is 0 Å². The monoisotopic (exact) mass is 310 g/mol. The molecule has 3 nitrogen and oxygen atoms in total. The topological polar surface area (TPSA) is 43.4 Å². The number of carbonyl (C=O) groups is 2. The summed E-state index contributed by atoms with van der Waals surface area (Å²) in [5.41, 5.74) is 0. The Kier molecular flexibility index (Phi) is 15.4. The second kappa shape index (κ2) is 16.3. The number of hydrogen-bond donors (Lipinski definition) is 0. The van der Waals surface area contributed by atoms with Gasteiger partial charge in [-0.25, -0.2) is 4.79 Å². The van der Waals surface area contributed by atoms with E-state index in [1.54, 1.807) is 0 Å². The Labute approximate surface area is 136 Å². The molecule has 0 heterocycles. The van der Waals surface area contributed by atoms with E-state index in [9.17, 15) is 9.59 Å². The van der Waals surface area contributed by atoms with Gasteiger partial charge in [-0.05, 0) is 19.3 Å². The molecule has 0 spiro atoms. The van der Waals surface area contributed by atoms with E-state index >= 15 is 0 Å². The minimum atomic E-state index is -0.265. The van der Waals surface area contributed by atoms with Gasteiger partial charge in [-0.15, -0.1) is 0 Å². The number of carbonyl (C=O) groups excluding carboxylic acids is 2. The highest BCUT2D eigenvalue weighted by Gasteiger charge is 1.98. The van der Waals surface area contributed by atoms with Crippen molar-refractivity contribution < 1.29 is 14.3 Å². The molecule has 22 heavy (non-hydrogen) atoms. The maximum atomic E-state index is 11.1. The minimum absolute atomic E-state index is 0.265. The molecule has 3 heteroatoms. The quantitative estimate of drug-likeness (QED) is 0.232. The van der Waals surface area contributed by atoms with Crippen LogP contribution in [0.5, 0.6) is 0 Å². The summed E-state index contributed by atoms with van der Waals surface area (Å²) in [5.74, 6) is 0.139. The molecule has 128 valence electrons. The number of allylic oxidation sites excluding steroid dienone is 1. The van der Waals surface area contributed by atoms with Crippen LogP contribution in [0.4, 0.5) is 0 Å². The molecule has 0 N–H and O–H groups in total. The first-order valence-corrected chi connectivity index (χ1v) is 8.97. The molecule has 0 aliphatic rings. The number of esters is 1. The van der Waals surface area contributed by atoms with Crippen molar-refractivity contribution in [2.24, 2.45) is 0 Å². The number of unbranched alkanes of at least 4 members (excludes halogenated alkanes) is 10. The number of rotatable bonds is 15. The number of Topliss-reactive ketones (excluding diaryl/α,β-unsaturated/α-hetero) is 1. The summed E-state index contributed by atoms with van der Waals surface area (Å²) in [6.07, 6.45) is 18.3. The maximum Gasteiger partial charge on any atom is 0.330 e. The lowest BCUT2D eigenvalue weighted by Crippen LogP contribution is -1.94. The normalized spacial score (nSPS) is 11.0. The summed E-state index contributed by atoms with van der Waals surface area (Å²) < 4.78 is 4.53. The molecule has 0 saturated heterocycles. The minimum Gasteiger partial charge on any atom is -0.466 e. The van der Waals surface area contributed by atoms with Gasteiger partial charge in [0, 0.05) is 18.9 Å². The molecule has 0 aromatic rings. The molecule has 0 amide bonds. The largest absolute Gasteiger partial charge is 0.466 e. The predicted molar refractivity (Wildman–Crippen MR) is 91.9 cm³/mol. The predicted octanol–water partition coefficient (Wildman–Crippen LogP) is 5.38. The van der Waals surface area contributed by atoms with Crippen molar-refractivity contribution in [2.45, 2.75) is 90.4 Å². The summed E-state index contributed by atoms with van der Waals surface area (Å²) in [5, 5.41) is 0. The third kappa shape index (κ3) is 15.3. The van der Waals surface area contributed by atoms with E-state index in [0.29, 0.717) is 12.2 Å². The van der Waals surface area contributed by atoms with Crippen LogP contribution >= 0.6 is 0 Å². The standard InChI is InChI=1S/C19H34O3/c1-3-18(20)16-14-12-10-8-6-4-5-7-9-11-13-15-17-19(21)22-2/h15,17H,3-14,16H2,1-2H3. The van der Waals surface area contributed by atoms with E-state index in [-0.39, 0.29) is 5.97 Å². The summed E-state index contributed by atoms with van der Waals surface area (Å²) in [7, 11) is 1.40. The summed E-state index contributed by atoms with van der Waals surface area (Å²) in [4.78, 5) is 22.0. The highest BCUT2D eigenvalue weighted by molar-refractivity contribution is 5.81. The Morgan fingerprint density at radius 3 is 1.82 bits per heavy atom. The second-order valence-electron chi connectivity index (χ2n) is 5.89. The first-order chi connectivity index (χ1) is 10.7. The lowest BCUT2D eigenvalue weighted by molar-refractivity contribution is -0.134. The van der Waals surface area contributed by atoms with E-state index < -0.39 is 0 Å². The zero-order chi connectivity index (χ0) is 16.5. The first kappa shape index (κ1) is 20.9. The number of ketones is 1. The van der Waals surface area contributed by atoms with Crippen LogP contribution < -0.4 is 0 Å². The van der Waals surface area contributed by atoms with Gasteiger partial charge in [0.2, 0.25) is 0 Å². The van der Waals surface area contributed by atoms with Gasteiger partial charge in [-0.1, -0.05) is 64.4 Å². The van der Waals surface area contributed by atoms with Gasteiger partial charge in [0.15, 0.2) is 0 Å². The molecular weight excluding hydrogens is 276 g/mol. The fraction of sp³-hybridized carbons (Fsp3) is 0.789. The van der Waals surface area contributed by atoms with Crippen molar-refractivity contribution >= 4 is 11.8 Å². The van der Waals surface area contributed by atoms with Crippen molar-refractivity contribution in [3.8, 4) is 0 Å². The van der Waals surface area contributed by atoms with Gasteiger partial charge >= 0.3 is 5.97 Å². The zero-order valence-corrected chi connectivity index (χ0v) is 14.6. The molecule has 0 aliphatic carbocycles. The molecule has 0 rings (SSSR count). The van der Waals surface area contributed by atoms with Crippen molar-refractivity contribution in [1.29, 1.82) is 0 Å². The van der Waals surface area contributed by atoms with Crippen molar-refractivity contribution in [3.05, 3.63) is 12.2 Å². The molecule has 0 aromatic heterocycles. The molecule has 0 unspecified atom stereocenters. The van der Waals surface area contributed by atoms with Crippen LogP contribution in [-0.2, 0) is 14.3 Å². The Morgan fingerprint density at radius 1 is 0.818 bits per heavy atom. The van der Waals surface area contributed by atoms with Crippen LogP contribution in [0.3, 0.4) is 0 Å². The van der Waals surface area contributed by atoms with Crippen molar-refractivity contribution in [1.82, 2.24) is 0 Å². The Bertz CT molecular complexity index is 308.